The minimum absolute atomic E-state index is 0.220. The van der Waals surface area contributed by atoms with Crippen LogP contribution in [-0.2, 0) is 6.42 Å². The number of hydrogen-bond donors (Lipinski definition) is 1. The molecule has 19 heavy (non-hydrogen) atoms. The van der Waals surface area contributed by atoms with Crippen molar-refractivity contribution in [3.63, 3.8) is 0 Å². The lowest BCUT2D eigenvalue weighted by Gasteiger charge is -2.16. The van der Waals surface area contributed by atoms with Gasteiger partial charge in [-0.15, -0.1) is 0 Å². The summed E-state index contributed by atoms with van der Waals surface area (Å²) >= 11 is 12.1. The van der Waals surface area contributed by atoms with Crippen molar-refractivity contribution in [1.29, 1.82) is 0 Å². The first kappa shape index (κ1) is 14.2. The highest BCUT2D eigenvalue weighted by Gasteiger charge is 2.13. The number of benzene rings is 2. The van der Waals surface area contributed by atoms with E-state index in [1.54, 1.807) is 19.2 Å². The van der Waals surface area contributed by atoms with E-state index < -0.39 is 0 Å². The van der Waals surface area contributed by atoms with E-state index in [0.29, 0.717) is 16.5 Å². The van der Waals surface area contributed by atoms with Crippen LogP contribution in [0.25, 0.3) is 0 Å². The Morgan fingerprint density at radius 3 is 2.63 bits per heavy atom. The van der Waals surface area contributed by atoms with Crippen molar-refractivity contribution >= 4 is 23.2 Å². The highest BCUT2D eigenvalue weighted by molar-refractivity contribution is 6.33. The number of halogens is 2. The van der Waals surface area contributed by atoms with Gasteiger partial charge in [-0.05, 0) is 41.8 Å². The average molecular weight is 296 g/mol. The summed E-state index contributed by atoms with van der Waals surface area (Å²) in [5.41, 5.74) is 8.12. The summed E-state index contributed by atoms with van der Waals surface area (Å²) in [6.45, 7) is 0. The van der Waals surface area contributed by atoms with E-state index in [9.17, 15) is 0 Å². The molecule has 0 saturated carbocycles. The van der Waals surface area contributed by atoms with Crippen LogP contribution in [0.5, 0.6) is 5.75 Å². The molecule has 2 aromatic carbocycles. The third-order valence-corrected chi connectivity index (χ3v) is 3.57. The Bertz CT molecular complexity index is 572. The molecule has 0 heterocycles. The molecule has 2 rings (SSSR count). The number of para-hydroxylation sites is 1. The fourth-order valence-corrected chi connectivity index (χ4v) is 2.46. The molecule has 2 aromatic rings. The van der Waals surface area contributed by atoms with Crippen molar-refractivity contribution in [2.45, 2.75) is 12.5 Å². The zero-order valence-electron chi connectivity index (χ0n) is 10.6. The fourth-order valence-electron chi connectivity index (χ4n) is 2.02. The van der Waals surface area contributed by atoms with E-state index in [-0.39, 0.29) is 6.04 Å². The molecule has 0 aliphatic carbocycles. The second-order valence-electron chi connectivity index (χ2n) is 4.29. The van der Waals surface area contributed by atoms with Crippen LogP contribution in [0.4, 0.5) is 0 Å². The quantitative estimate of drug-likeness (QED) is 0.915. The van der Waals surface area contributed by atoms with Gasteiger partial charge in [0.2, 0.25) is 0 Å². The first-order chi connectivity index (χ1) is 9.11. The summed E-state index contributed by atoms with van der Waals surface area (Å²) in [5.74, 6) is 0.830. The van der Waals surface area contributed by atoms with Gasteiger partial charge in [0.05, 0.1) is 7.11 Å². The van der Waals surface area contributed by atoms with Gasteiger partial charge >= 0.3 is 0 Å². The standard InChI is InChI=1S/C15H15Cl2NO/c1-19-15-5-3-2-4-10(15)8-14(18)12-9-11(16)6-7-13(12)17/h2-7,9,14H,8,18H2,1H3. The van der Waals surface area contributed by atoms with Gasteiger partial charge in [-0.2, -0.15) is 0 Å². The highest BCUT2D eigenvalue weighted by atomic mass is 35.5. The third kappa shape index (κ3) is 3.41. The Hall–Kier alpha value is -1.22. The largest absolute Gasteiger partial charge is 0.496 e. The first-order valence-corrected chi connectivity index (χ1v) is 6.70. The topological polar surface area (TPSA) is 35.2 Å². The van der Waals surface area contributed by atoms with Gasteiger partial charge in [0.1, 0.15) is 5.75 Å². The van der Waals surface area contributed by atoms with Crippen LogP contribution in [0.3, 0.4) is 0 Å². The van der Waals surface area contributed by atoms with Crippen molar-refractivity contribution in [2.24, 2.45) is 5.73 Å². The van der Waals surface area contributed by atoms with Gasteiger partial charge in [0.15, 0.2) is 0 Å². The Kier molecular flexibility index (Phi) is 4.70. The monoisotopic (exact) mass is 295 g/mol. The maximum absolute atomic E-state index is 6.22. The minimum Gasteiger partial charge on any atom is -0.496 e. The molecule has 2 N–H and O–H groups in total. The second kappa shape index (κ2) is 6.29. The zero-order valence-corrected chi connectivity index (χ0v) is 12.1. The van der Waals surface area contributed by atoms with E-state index in [4.69, 9.17) is 33.7 Å². The molecule has 0 aliphatic heterocycles. The first-order valence-electron chi connectivity index (χ1n) is 5.94. The summed E-state index contributed by atoms with van der Waals surface area (Å²) < 4.78 is 5.32. The van der Waals surface area contributed by atoms with Crippen molar-refractivity contribution < 1.29 is 4.74 Å². The predicted molar refractivity (Wildman–Crippen MR) is 80.1 cm³/mol. The summed E-state index contributed by atoms with van der Waals surface area (Å²) in [5, 5.41) is 1.27. The van der Waals surface area contributed by atoms with Crippen molar-refractivity contribution in [3.8, 4) is 5.75 Å². The van der Waals surface area contributed by atoms with E-state index in [2.05, 4.69) is 0 Å². The Labute approximate surface area is 123 Å². The van der Waals surface area contributed by atoms with Gasteiger partial charge in [0.25, 0.3) is 0 Å². The van der Waals surface area contributed by atoms with Gasteiger partial charge in [-0.25, -0.2) is 0 Å². The van der Waals surface area contributed by atoms with E-state index in [0.717, 1.165) is 16.9 Å². The van der Waals surface area contributed by atoms with Crippen LogP contribution in [0.1, 0.15) is 17.2 Å². The van der Waals surface area contributed by atoms with Crippen LogP contribution >= 0.6 is 23.2 Å². The molecule has 0 radical (unpaired) electrons. The number of nitrogens with two attached hydrogens (primary N) is 1. The minimum atomic E-state index is -0.220. The molecule has 2 nitrogen and oxygen atoms in total. The molecule has 1 unspecified atom stereocenters. The molecule has 0 aromatic heterocycles. The summed E-state index contributed by atoms with van der Waals surface area (Å²) in [7, 11) is 1.65. The van der Waals surface area contributed by atoms with Crippen LogP contribution in [-0.4, -0.2) is 7.11 Å². The summed E-state index contributed by atoms with van der Waals surface area (Å²) in [6.07, 6.45) is 0.643. The van der Waals surface area contributed by atoms with E-state index in [1.807, 2.05) is 30.3 Å². The van der Waals surface area contributed by atoms with Gasteiger partial charge < -0.3 is 10.5 Å². The second-order valence-corrected chi connectivity index (χ2v) is 5.13. The number of ether oxygens (including phenoxy) is 1. The van der Waals surface area contributed by atoms with Crippen molar-refractivity contribution in [1.82, 2.24) is 0 Å². The lowest BCUT2D eigenvalue weighted by molar-refractivity contribution is 0.408. The lowest BCUT2D eigenvalue weighted by atomic mass is 9.99. The molecule has 100 valence electrons. The zero-order chi connectivity index (χ0) is 13.8. The number of hydrogen-bond acceptors (Lipinski definition) is 2. The molecule has 1 atom stereocenters. The molecule has 0 spiro atoms. The summed E-state index contributed by atoms with van der Waals surface area (Å²) in [4.78, 5) is 0. The molecule has 0 amide bonds. The molecule has 0 fully saturated rings. The van der Waals surface area contributed by atoms with Crippen LogP contribution in [0.15, 0.2) is 42.5 Å². The molecular weight excluding hydrogens is 281 g/mol. The van der Waals surface area contributed by atoms with Crippen LogP contribution < -0.4 is 10.5 Å². The predicted octanol–water partition coefficient (Wildman–Crippen LogP) is 4.24. The number of rotatable bonds is 4. The normalized spacial score (nSPS) is 12.2. The Morgan fingerprint density at radius 2 is 1.89 bits per heavy atom. The third-order valence-electron chi connectivity index (χ3n) is 2.99. The SMILES string of the molecule is COc1ccccc1CC(N)c1cc(Cl)ccc1Cl. The molecule has 0 saturated heterocycles. The van der Waals surface area contributed by atoms with E-state index >= 15 is 0 Å². The van der Waals surface area contributed by atoms with Gasteiger partial charge in [-0.1, -0.05) is 41.4 Å². The lowest BCUT2D eigenvalue weighted by Crippen LogP contribution is -2.14. The Balaban J connectivity index is 2.25. The summed E-state index contributed by atoms with van der Waals surface area (Å²) in [6, 6.07) is 12.9. The Morgan fingerprint density at radius 1 is 1.16 bits per heavy atom. The maximum Gasteiger partial charge on any atom is 0.122 e. The highest BCUT2D eigenvalue weighted by Crippen LogP contribution is 2.29. The van der Waals surface area contributed by atoms with Crippen molar-refractivity contribution in [3.05, 3.63) is 63.6 Å². The van der Waals surface area contributed by atoms with Gasteiger partial charge in [-0.3, -0.25) is 0 Å². The molecule has 0 bridgehead atoms. The molecular formula is C15H15Cl2NO. The number of methoxy groups -OCH3 is 1. The van der Waals surface area contributed by atoms with Gasteiger partial charge in [0, 0.05) is 16.1 Å². The molecule has 0 aliphatic rings. The van der Waals surface area contributed by atoms with Crippen LogP contribution in [0.2, 0.25) is 10.0 Å². The van der Waals surface area contributed by atoms with Crippen LogP contribution in [0, 0.1) is 0 Å². The maximum atomic E-state index is 6.22. The molecule has 4 heteroatoms. The fraction of sp³-hybridized carbons (Fsp3) is 0.200. The smallest absolute Gasteiger partial charge is 0.122 e. The van der Waals surface area contributed by atoms with E-state index in [1.165, 1.54) is 0 Å². The average Bonchev–Trinajstić information content (AvgIpc) is 2.42. The van der Waals surface area contributed by atoms with Crippen molar-refractivity contribution in [2.75, 3.05) is 7.11 Å².